The van der Waals surface area contributed by atoms with Crippen molar-refractivity contribution in [2.45, 2.75) is 44.7 Å². The Kier molecular flexibility index (Phi) is 5.52. The molecule has 8 nitrogen and oxygen atoms in total. The average Bonchev–Trinajstić information content (AvgIpc) is 3.27. The smallest absolute Gasteiger partial charge is 0.226 e. The highest BCUT2D eigenvalue weighted by Gasteiger charge is 2.33. The van der Waals surface area contributed by atoms with Crippen molar-refractivity contribution >= 4 is 15.9 Å². The summed E-state index contributed by atoms with van der Waals surface area (Å²) in [4.78, 5) is 15.1. The van der Waals surface area contributed by atoms with Crippen LogP contribution in [-0.2, 0) is 35.0 Å². The average molecular weight is 421 g/mol. The molecule has 2 aliphatic rings. The van der Waals surface area contributed by atoms with Crippen molar-refractivity contribution in [1.29, 1.82) is 0 Å². The number of hydrogen-bond acceptors (Lipinski definition) is 5. The van der Waals surface area contributed by atoms with Crippen LogP contribution in [0.3, 0.4) is 0 Å². The van der Waals surface area contributed by atoms with E-state index in [2.05, 4.69) is 11.2 Å². The van der Waals surface area contributed by atoms with Crippen LogP contribution in [0, 0.1) is 5.92 Å². The number of piperidine rings is 1. The fourth-order valence-corrected chi connectivity index (χ4v) is 4.95. The molecule has 3 heterocycles. The third kappa shape index (κ3) is 4.72. The molecule has 2 aromatic heterocycles. The Balaban J connectivity index is 1.48. The zero-order valence-corrected chi connectivity index (χ0v) is 17.8. The predicted octanol–water partition coefficient (Wildman–Crippen LogP) is 2.09. The minimum absolute atomic E-state index is 0.0353. The summed E-state index contributed by atoms with van der Waals surface area (Å²) in [6, 6.07) is 5.78. The summed E-state index contributed by atoms with van der Waals surface area (Å²) in [6.45, 7) is 1.58. The van der Waals surface area contributed by atoms with E-state index in [-0.39, 0.29) is 11.8 Å². The largest absolute Gasteiger partial charge is 0.467 e. The first kappa shape index (κ1) is 20.2. The number of aromatic nitrogens is 2. The molecule has 0 bridgehead atoms. The summed E-state index contributed by atoms with van der Waals surface area (Å²) in [5.41, 5.74) is 2.11. The molecule has 1 saturated heterocycles. The van der Waals surface area contributed by atoms with Crippen molar-refractivity contribution in [3.63, 3.8) is 0 Å². The summed E-state index contributed by atoms with van der Waals surface area (Å²) < 4.78 is 32.4. The Morgan fingerprint density at radius 1 is 1.24 bits per heavy atom. The van der Waals surface area contributed by atoms with Crippen LogP contribution in [0.2, 0.25) is 0 Å². The molecule has 1 aliphatic carbocycles. The molecule has 0 N–H and O–H groups in total. The van der Waals surface area contributed by atoms with Gasteiger partial charge in [0.1, 0.15) is 5.76 Å². The SMILES string of the molecule is Cn1nc(CN(Cc2ccco2)C(=O)C2CCN(S(C)(=O)=O)CC2)cc1C1CC1. The first-order valence-corrected chi connectivity index (χ1v) is 11.9. The van der Waals surface area contributed by atoms with Crippen molar-refractivity contribution in [3.05, 3.63) is 41.6 Å². The van der Waals surface area contributed by atoms with Gasteiger partial charge in [-0.2, -0.15) is 5.10 Å². The van der Waals surface area contributed by atoms with Gasteiger partial charge in [-0.05, 0) is 43.9 Å². The van der Waals surface area contributed by atoms with Crippen molar-refractivity contribution in [2.24, 2.45) is 13.0 Å². The van der Waals surface area contributed by atoms with E-state index < -0.39 is 10.0 Å². The minimum atomic E-state index is -3.21. The zero-order chi connectivity index (χ0) is 20.6. The number of carbonyl (C=O) groups excluding carboxylic acids is 1. The minimum Gasteiger partial charge on any atom is -0.467 e. The van der Waals surface area contributed by atoms with E-state index in [4.69, 9.17) is 4.42 Å². The third-order valence-electron chi connectivity index (χ3n) is 5.83. The van der Waals surface area contributed by atoms with E-state index >= 15 is 0 Å². The van der Waals surface area contributed by atoms with Gasteiger partial charge in [-0.15, -0.1) is 0 Å². The lowest BCUT2D eigenvalue weighted by atomic mass is 9.96. The van der Waals surface area contributed by atoms with Gasteiger partial charge in [-0.3, -0.25) is 9.48 Å². The molecule has 4 rings (SSSR count). The molecule has 0 spiro atoms. The Hall–Kier alpha value is -2.13. The van der Waals surface area contributed by atoms with Crippen molar-refractivity contribution in [3.8, 4) is 0 Å². The van der Waals surface area contributed by atoms with Crippen LogP contribution in [0.5, 0.6) is 0 Å². The summed E-state index contributed by atoms with van der Waals surface area (Å²) in [7, 11) is -1.25. The van der Waals surface area contributed by atoms with E-state index in [1.165, 1.54) is 29.1 Å². The summed E-state index contributed by atoms with van der Waals surface area (Å²) in [5, 5.41) is 4.62. The topological polar surface area (TPSA) is 88.7 Å². The number of sulfonamides is 1. The maximum absolute atomic E-state index is 13.3. The van der Waals surface area contributed by atoms with Crippen LogP contribution in [0.15, 0.2) is 28.9 Å². The molecule has 9 heteroatoms. The molecular formula is C20H28N4O4S. The maximum atomic E-state index is 13.3. The first-order valence-electron chi connectivity index (χ1n) is 10.1. The standard InChI is InChI=1S/C20H28N4O4S/c1-22-19(15-5-6-15)12-17(21-22)13-23(14-18-4-3-11-28-18)20(25)16-7-9-24(10-8-16)29(2,26)27/h3-4,11-12,15-16H,5-10,13-14H2,1-2H3. The Bertz CT molecular complexity index is 955. The zero-order valence-electron chi connectivity index (χ0n) is 17.0. The van der Waals surface area contributed by atoms with E-state index in [1.807, 2.05) is 23.9 Å². The van der Waals surface area contributed by atoms with Crippen molar-refractivity contribution in [1.82, 2.24) is 19.0 Å². The second kappa shape index (κ2) is 7.95. The number of furan rings is 1. The molecule has 1 amide bonds. The van der Waals surface area contributed by atoms with Gasteiger partial charge in [0.2, 0.25) is 15.9 Å². The highest BCUT2D eigenvalue weighted by molar-refractivity contribution is 7.88. The second-order valence-corrected chi connectivity index (χ2v) is 10.2. The van der Waals surface area contributed by atoms with Gasteiger partial charge in [-0.1, -0.05) is 0 Å². The highest BCUT2D eigenvalue weighted by atomic mass is 32.2. The second-order valence-electron chi connectivity index (χ2n) is 8.17. The fourth-order valence-electron chi connectivity index (χ4n) is 4.07. The lowest BCUT2D eigenvalue weighted by Gasteiger charge is -2.32. The monoisotopic (exact) mass is 420 g/mol. The number of amides is 1. The molecule has 1 aliphatic heterocycles. The summed E-state index contributed by atoms with van der Waals surface area (Å²) in [5.74, 6) is 1.17. The molecular weight excluding hydrogens is 392 g/mol. The van der Waals surface area contributed by atoms with Gasteiger partial charge >= 0.3 is 0 Å². The van der Waals surface area contributed by atoms with Crippen molar-refractivity contribution < 1.29 is 17.6 Å². The van der Waals surface area contributed by atoms with E-state index in [0.29, 0.717) is 44.9 Å². The molecule has 2 aromatic rings. The van der Waals surface area contributed by atoms with Gasteiger partial charge in [-0.25, -0.2) is 12.7 Å². The van der Waals surface area contributed by atoms with Gasteiger partial charge in [0, 0.05) is 37.7 Å². The molecule has 1 saturated carbocycles. The molecule has 0 radical (unpaired) electrons. The number of nitrogens with zero attached hydrogens (tertiary/aromatic N) is 4. The van der Waals surface area contributed by atoms with Crippen molar-refractivity contribution in [2.75, 3.05) is 19.3 Å². The summed E-state index contributed by atoms with van der Waals surface area (Å²) >= 11 is 0. The normalized spacial score (nSPS) is 18.8. The Morgan fingerprint density at radius 2 is 1.97 bits per heavy atom. The van der Waals surface area contributed by atoms with Gasteiger partial charge in [0.05, 0.1) is 31.3 Å². The predicted molar refractivity (Wildman–Crippen MR) is 107 cm³/mol. The van der Waals surface area contributed by atoms with Crippen LogP contribution in [0.25, 0.3) is 0 Å². The quantitative estimate of drug-likeness (QED) is 0.684. The van der Waals surface area contributed by atoms with Crippen LogP contribution in [-0.4, -0.2) is 52.7 Å². The van der Waals surface area contributed by atoms with E-state index in [1.54, 1.807) is 11.2 Å². The van der Waals surface area contributed by atoms with E-state index in [0.717, 1.165) is 11.5 Å². The number of carbonyl (C=O) groups is 1. The Morgan fingerprint density at radius 3 is 2.55 bits per heavy atom. The number of hydrogen-bond donors (Lipinski definition) is 0. The van der Waals surface area contributed by atoms with Gasteiger partial charge in [0.25, 0.3) is 0 Å². The molecule has 2 fully saturated rings. The lowest BCUT2D eigenvalue weighted by molar-refractivity contribution is -0.138. The number of rotatable bonds is 7. The molecule has 29 heavy (non-hydrogen) atoms. The van der Waals surface area contributed by atoms with Crippen LogP contribution < -0.4 is 0 Å². The maximum Gasteiger partial charge on any atom is 0.226 e. The molecule has 158 valence electrons. The number of aryl methyl sites for hydroxylation is 1. The molecule has 0 unspecified atom stereocenters. The third-order valence-corrected chi connectivity index (χ3v) is 7.13. The lowest BCUT2D eigenvalue weighted by Crippen LogP contribution is -2.43. The van der Waals surface area contributed by atoms with Gasteiger partial charge in [0.15, 0.2) is 0 Å². The van der Waals surface area contributed by atoms with Gasteiger partial charge < -0.3 is 9.32 Å². The van der Waals surface area contributed by atoms with Crippen LogP contribution in [0.4, 0.5) is 0 Å². The fraction of sp³-hybridized carbons (Fsp3) is 0.600. The first-order chi connectivity index (χ1) is 13.8. The summed E-state index contributed by atoms with van der Waals surface area (Å²) in [6.07, 6.45) is 6.30. The highest BCUT2D eigenvalue weighted by Crippen LogP contribution is 2.40. The van der Waals surface area contributed by atoms with Crippen LogP contribution in [0.1, 0.15) is 48.7 Å². The molecule has 0 atom stereocenters. The van der Waals surface area contributed by atoms with Crippen LogP contribution >= 0.6 is 0 Å². The Labute approximate surface area is 171 Å². The van der Waals surface area contributed by atoms with E-state index in [9.17, 15) is 13.2 Å². The molecule has 0 aromatic carbocycles.